The van der Waals surface area contributed by atoms with E-state index >= 15 is 0 Å². The predicted octanol–water partition coefficient (Wildman–Crippen LogP) is 4.14. The minimum Gasteiger partial charge on any atom is -0.295 e. The molecule has 140 valence electrons. The maximum atomic E-state index is 12.6. The summed E-state index contributed by atoms with van der Waals surface area (Å²) in [6.45, 7) is 3.48. The average molecular weight is 390 g/mol. The van der Waals surface area contributed by atoms with Gasteiger partial charge in [0.15, 0.2) is 5.13 Å². The van der Waals surface area contributed by atoms with Crippen LogP contribution in [-0.4, -0.2) is 26.5 Å². The molecule has 0 radical (unpaired) electrons. The molecule has 1 amide bonds. The maximum absolute atomic E-state index is 12.6. The number of fused-ring (bicyclic) bond motifs is 1. The fraction of sp³-hybridized carbons (Fsp3) is 0.143. The van der Waals surface area contributed by atoms with Crippen molar-refractivity contribution < 1.29 is 9.59 Å². The molecule has 2 heterocycles. The van der Waals surface area contributed by atoms with Crippen molar-refractivity contribution in [3.05, 3.63) is 64.8 Å². The lowest BCUT2D eigenvalue weighted by atomic mass is 10.0. The highest BCUT2D eigenvalue weighted by Crippen LogP contribution is 2.31. The SMILES string of the molecule is Cc1nn(C)c(C)c1C(=O)C(=O)Nc1nc(-c2cccc3ccccc23)cs1. The quantitative estimate of drug-likeness (QED) is 0.420. The zero-order chi connectivity index (χ0) is 19.8. The number of hydrogen-bond acceptors (Lipinski definition) is 5. The first-order valence-corrected chi connectivity index (χ1v) is 9.63. The van der Waals surface area contributed by atoms with Gasteiger partial charge in [-0.1, -0.05) is 42.5 Å². The number of carbonyl (C=O) groups is 2. The molecule has 1 N–H and O–H groups in total. The molecule has 2 aromatic carbocycles. The summed E-state index contributed by atoms with van der Waals surface area (Å²) >= 11 is 1.29. The van der Waals surface area contributed by atoms with E-state index in [4.69, 9.17) is 0 Å². The van der Waals surface area contributed by atoms with Crippen LogP contribution in [0.1, 0.15) is 21.7 Å². The number of nitrogens with zero attached hydrogens (tertiary/aromatic N) is 3. The first-order chi connectivity index (χ1) is 13.5. The molecule has 6 nitrogen and oxygen atoms in total. The van der Waals surface area contributed by atoms with E-state index in [0.717, 1.165) is 22.0 Å². The van der Waals surface area contributed by atoms with Gasteiger partial charge in [0.25, 0.3) is 11.7 Å². The van der Waals surface area contributed by atoms with Crippen LogP contribution in [0.4, 0.5) is 5.13 Å². The van der Waals surface area contributed by atoms with Crippen LogP contribution >= 0.6 is 11.3 Å². The second kappa shape index (κ2) is 7.01. The molecule has 28 heavy (non-hydrogen) atoms. The normalized spacial score (nSPS) is 11.0. The summed E-state index contributed by atoms with van der Waals surface area (Å²) in [7, 11) is 1.74. The molecule has 0 saturated heterocycles. The first-order valence-electron chi connectivity index (χ1n) is 8.75. The van der Waals surface area contributed by atoms with Gasteiger partial charge in [0.1, 0.15) is 0 Å². The number of amides is 1. The molecule has 0 aliphatic carbocycles. The number of nitrogens with one attached hydrogen (secondary N) is 1. The highest BCUT2D eigenvalue weighted by molar-refractivity contribution is 7.14. The Balaban J connectivity index is 1.60. The fourth-order valence-electron chi connectivity index (χ4n) is 3.27. The number of carbonyl (C=O) groups excluding carboxylic acids is 2. The van der Waals surface area contributed by atoms with Gasteiger partial charge in [-0.3, -0.25) is 19.6 Å². The maximum Gasteiger partial charge on any atom is 0.298 e. The topological polar surface area (TPSA) is 76.9 Å². The number of benzene rings is 2. The Kier molecular flexibility index (Phi) is 4.52. The Labute approximate surface area is 165 Å². The van der Waals surface area contributed by atoms with Crippen LogP contribution in [0.5, 0.6) is 0 Å². The second-order valence-corrected chi connectivity index (χ2v) is 7.38. The first kappa shape index (κ1) is 18.1. The number of aryl methyl sites for hydroxylation is 2. The van der Waals surface area contributed by atoms with Crippen LogP contribution in [-0.2, 0) is 11.8 Å². The van der Waals surface area contributed by atoms with E-state index in [1.54, 1.807) is 25.6 Å². The van der Waals surface area contributed by atoms with Crippen molar-refractivity contribution in [1.29, 1.82) is 0 Å². The van der Waals surface area contributed by atoms with Crippen molar-refractivity contribution >= 4 is 38.9 Å². The predicted molar refractivity (Wildman–Crippen MR) is 111 cm³/mol. The highest BCUT2D eigenvalue weighted by Gasteiger charge is 2.24. The summed E-state index contributed by atoms with van der Waals surface area (Å²) in [6, 6.07) is 14.1. The number of ketones is 1. The Morgan fingerprint density at radius 3 is 2.57 bits per heavy atom. The van der Waals surface area contributed by atoms with Gasteiger partial charge in [0.05, 0.1) is 17.0 Å². The molecule has 0 aliphatic heterocycles. The summed E-state index contributed by atoms with van der Waals surface area (Å²) in [5.74, 6) is -1.32. The van der Waals surface area contributed by atoms with Crippen LogP contribution in [0, 0.1) is 13.8 Å². The van der Waals surface area contributed by atoms with Crippen LogP contribution in [0.25, 0.3) is 22.0 Å². The monoisotopic (exact) mass is 390 g/mol. The van der Waals surface area contributed by atoms with Gasteiger partial charge in [-0.2, -0.15) is 5.10 Å². The van der Waals surface area contributed by atoms with E-state index in [1.165, 1.54) is 11.3 Å². The standard InChI is InChI=1S/C21H18N4O2S/c1-12-18(13(2)25(3)24-12)19(26)20(27)23-21-22-17(11-28-21)16-10-6-8-14-7-4-5-9-15(14)16/h4-11H,1-3H3,(H,22,23,27). The molecule has 0 bridgehead atoms. The van der Waals surface area contributed by atoms with Gasteiger partial charge in [0.2, 0.25) is 0 Å². The molecule has 4 rings (SSSR count). The van der Waals surface area contributed by atoms with E-state index in [9.17, 15) is 9.59 Å². The number of rotatable bonds is 4. The number of Topliss-reactive ketones (excluding diaryl/α,β-unsaturated/α-hetero) is 1. The van der Waals surface area contributed by atoms with Crippen molar-refractivity contribution in [2.24, 2.45) is 7.05 Å². The second-order valence-electron chi connectivity index (χ2n) is 6.52. The molecule has 0 spiro atoms. The largest absolute Gasteiger partial charge is 0.298 e. The van der Waals surface area contributed by atoms with Crippen molar-refractivity contribution in [1.82, 2.24) is 14.8 Å². The van der Waals surface area contributed by atoms with Crippen molar-refractivity contribution in [2.45, 2.75) is 13.8 Å². The van der Waals surface area contributed by atoms with Gasteiger partial charge in [-0.15, -0.1) is 11.3 Å². The smallest absolute Gasteiger partial charge is 0.295 e. The van der Waals surface area contributed by atoms with Crippen LogP contribution in [0.3, 0.4) is 0 Å². The van der Waals surface area contributed by atoms with Gasteiger partial charge in [0, 0.05) is 23.7 Å². The molecule has 0 saturated carbocycles. The minimum atomic E-state index is -0.710. The van der Waals surface area contributed by atoms with Gasteiger partial charge in [-0.05, 0) is 24.6 Å². The van der Waals surface area contributed by atoms with Crippen LogP contribution in [0.2, 0.25) is 0 Å². The molecule has 4 aromatic rings. The average Bonchev–Trinajstić information content (AvgIpc) is 3.25. The summed E-state index contributed by atoms with van der Waals surface area (Å²) < 4.78 is 1.60. The highest BCUT2D eigenvalue weighted by atomic mass is 32.1. The van der Waals surface area contributed by atoms with Gasteiger partial charge < -0.3 is 0 Å². The number of anilines is 1. The van der Waals surface area contributed by atoms with Crippen LogP contribution in [0.15, 0.2) is 47.8 Å². The summed E-state index contributed by atoms with van der Waals surface area (Å²) in [5, 5.41) is 11.3. The molecular weight excluding hydrogens is 372 g/mol. The summed E-state index contributed by atoms with van der Waals surface area (Å²) in [6.07, 6.45) is 0. The van der Waals surface area contributed by atoms with E-state index in [2.05, 4.69) is 15.4 Å². The number of thiazole rings is 1. The number of aromatic nitrogens is 3. The zero-order valence-corrected chi connectivity index (χ0v) is 16.5. The number of hydrogen-bond donors (Lipinski definition) is 1. The Morgan fingerprint density at radius 1 is 1.07 bits per heavy atom. The van der Waals surface area contributed by atoms with E-state index < -0.39 is 11.7 Å². The molecule has 2 aromatic heterocycles. The molecular formula is C21H18N4O2S. The van der Waals surface area contributed by atoms with Gasteiger partial charge in [-0.25, -0.2) is 4.98 Å². The molecule has 0 unspecified atom stereocenters. The van der Waals surface area contributed by atoms with Crippen molar-refractivity contribution in [2.75, 3.05) is 5.32 Å². The third-order valence-electron chi connectivity index (χ3n) is 4.73. The Morgan fingerprint density at radius 2 is 1.82 bits per heavy atom. The summed E-state index contributed by atoms with van der Waals surface area (Å²) in [4.78, 5) is 29.5. The third kappa shape index (κ3) is 3.10. The van der Waals surface area contributed by atoms with Crippen molar-refractivity contribution in [3.63, 3.8) is 0 Å². The Bertz CT molecular complexity index is 1220. The van der Waals surface area contributed by atoms with E-state index in [1.807, 2.05) is 47.8 Å². The zero-order valence-electron chi connectivity index (χ0n) is 15.7. The van der Waals surface area contributed by atoms with Crippen molar-refractivity contribution in [3.8, 4) is 11.3 Å². The minimum absolute atomic E-state index is 0.339. The lowest BCUT2D eigenvalue weighted by molar-refractivity contribution is -0.112. The Hall–Kier alpha value is -3.32. The lowest BCUT2D eigenvalue weighted by Gasteiger charge is -2.04. The third-order valence-corrected chi connectivity index (χ3v) is 5.49. The lowest BCUT2D eigenvalue weighted by Crippen LogP contribution is -2.23. The van der Waals surface area contributed by atoms with Gasteiger partial charge >= 0.3 is 0 Å². The summed E-state index contributed by atoms with van der Waals surface area (Å²) in [5.41, 5.74) is 3.29. The van der Waals surface area contributed by atoms with E-state index in [-0.39, 0.29) is 0 Å². The molecule has 0 atom stereocenters. The molecule has 0 fully saturated rings. The van der Waals surface area contributed by atoms with Crippen LogP contribution < -0.4 is 5.32 Å². The fourth-order valence-corrected chi connectivity index (χ4v) is 3.98. The molecule has 0 aliphatic rings. The molecule has 7 heteroatoms. The van der Waals surface area contributed by atoms with E-state index in [0.29, 0.717) is 22.1 Å².